The van der Waals surface area contributed by atoms with Gasteiger partial charge in [-0.3, -0.25) is 4.99 Å². The van der Waals surface area contributed by atoms with Crippen LogP contribution in [0.2, 0.25) is 0 Å². The molecule has 0 bridgehead atoms. The topological polar surface area (TPSA) is 68.9 Å². The first-order chi connectivity index (χ1) is 10.1. The highest BCUT2D eigenvalue weighted by Crippen LogP contribution is 2.11. The summed E-state index contributed by atoms with van der Waals surface area (Å²) in [6, 6.07) is 7.98. The Morgan fingerprint density at radius 1 is 1.32 bits per heavy atom. The van der Waals surface area contributed by atoms with E-state index in [9.17, 15) is 0 Å². The van der Waals surface area contributed by atoms with Crippen molar-refractivity contribution in [3.63, 3.8) is 0 Å². The average molecular weight is 419 g/mol. The second kappa shape index (κ2) is 12.3. The predicted molar refractivity (Wildman–Crippen MR) is 102 cm³/mol. The van der Waals surface area contributed by atoms with Crippen molar-refractivity contribution in [2.45, 2.75) is 13.3 Å². The molecule has 0 amide bonds. The second-order valence-corrected chi connectivity index (χ2v) is 4.80. The minimum Gasteiger partial charge on any atom is -0.497 e. The Kier molecular flexibility index (Phi) is 11.6. The summed E-state index contributed by atoms with van der Waals surface area (Å²) in [4.78, 5) is 4.19. The number of aliphatic imine (C=N–C) groups is 1. The van der Waals surface area contributed by atoms with E-state index in [1.54, 1.807) is 7.11 Å². The van der Waals surface area contributed by atoms with Gasteiger partial charge in [0.15, 0.2) is 5.96 Å². The van der Waals surface area contributed by atoms with Gasteiger partial charge in [0.2, 0.25) is 0 Å². The average Bonchev–Trinajstić information content (AvgIpc) is 2.47. The number of ether oxygens (including phenoxy) is 2. The smallest absolute Gasteiger partial charge is 0.188 e. The number of nitrogens with two attached hydrogens (primary N) is 1. The van der Waals surface area contributed by atoms with Crippen LogP contribution in [0.15, 0.2) is 41.4 Å². The van der Waals surface area contributed by atoms with Gasteiger partial charge in [-0.05, 0) is 31.0 Å². The monoisotopic (exact) mass is 419 g/mol. The van der Waals surface area contributed by atoms with Gasteiger partial charge in [-0.2, -0.15) is 0 Å². The Morgan fingerprint density at radius 3 is 2.59 bits per heavy atom. The maximum absolute atomic E-state index is 5.77. The van der Waals surface area contributed by atoms with Crippen LogP contribution in [-0.2, 0) is 11.2 Å². The molecule has 0 fully saturated rings. The molecule has 0 saturated carbocycles. The van der Waals surface area contributed by atoms with Crippen molar-refractivity contribution in [2.75, 3.05) is 33.4 Å². The van der Waals surface area contributed by atoms with Gasteiger partial charge in [0, 0.05) is 6.54 Å². The zero-order valence-electron chi connectivity index (χ0n) is 13.3. The Bertz CT molecular complexity index is 461. The zero-order chi connectivity index (χ0) is 15.5. The SMILES string of the molecule is C=C(C)COCCN=C(N)NCCc1ccc(OC)cc1.I. The first kappa shape index (κ1) is 20.7. The van der Waals surface area contributed by atoms with Crippen LogP contribution in [0, 0.1) is 0 Å². The quantitative estimate of drug-likeness (QED) is 0.212. The lowest BCUT2D eigenvalue weighted by Crippen LogP contribution is -2.33. The normalized spacial score (nSPS) is 10.7. The van der Waals surface area contributed by atoms with Crippen molar-refractivity contribution < 1.29 is 9.47 Å². The fraction of sp³-hybridized carbons (Fsp3) is 0.438. The third-order valence-corrected chi connectivity index (χ3v) is 2.75. The molecule has 0 radical (unpaired) electrons. The highest BCUT2D eigenvalue weighted by Gasteiger charge is 1.96. The van der Waals surface area contributed by atoms with E-state index in [2.05, 4.69) is 16.9 Å². The number of nitrogens with one attached hydrogen (secondary N) is 1. The number of methoxy groups -OCH3 is 1. The Morgan fingerprint density at radius 2 is 2.00 bits per heavy atom. The van der Waals surface area contributed by atoms with Crippen molar-refractivity contribution >= 4 is 29.9 Å². The molecule has 1 aromatic carbocycles. The van der Waals surface area contributed by atoms with Crippen LogP contribution in [0.4, 0.5) is 0 Å². The van der Waals surface area contributed by atoms with Crippen molar-refractivity contribution in [2.24, 2.45) is 10.7 Å². The molecule has 0 unspecified atom stereocenters. The molecule has 0 aliphatic heterocycles. The largest absolute Gasteiger partial charge is 0.497 e. The number of hydrogen-bond acceptors (Lipinski definition) is 3. The van der Waals surface area contributed by atoms with Crippen LogP contribution in [0.3, 0.4) is 0 Å². The summed E-state index contributed by atoms with van der Waals surface area (Å²) < 4.78 is 10.5. The molecule has 0 saturated heterocycles. The molecular formula is C16H26IN3O2. The van der Waals surface area contributed by atoms with Gasteiger partial charge >= 0.3 is 0 Å². The Labute approximate surface area is 150 Å². The minimum absolute atomic E-state index is 0. The van der Waals surface area contributed by atoms with Gasteiger partial charge in [-0.15, -0.1) is 24.0 Å². The fourth-order valence-corrected chi connectivity index (χ4v) is 1.66. The lowest BCUT2D eigenvalue weighted by molar-refractivity contribution is 0.164. The fourth-order valence-electron chi connectivity index (χ4n) is 1.66. The van der Waals surface area contributed by atoms with E-state index >= 15 is 0 Å². The van der Waals surface area contributed by atoms with Gasteiger partial charge in [0.1, 0.15) is 5.75 Å². The van der Waals surface area contributed by atoms with E-state index in [1.807, 2.05) is 31.2 Å². The molecule has 3 N–H and O–H groups in total. The number of halogens is 1. The summed E-state index contributed by atoms with van der Waals surface area (Å²) in [5, 5.41) is 3.08. The third-order valence-electron chi connectivity index (χ3n) is 2.75. The molecular weight excluding hydrogens is 393 g/mol. The molecule has 0 aromatic heterocycles. The predicted octanol–water partition coefficient (Wildman–Crippen LogP) is 2.35. The van der Waals surface area contributed by atoms with Crippen LogP contribution in [-0.4, -0.2) is 39.4 Å². The maximum Gasteiger partial charge on any atom is 0.188 e. The van der Waals surface area contributed by atoms with Gasteiger partial charge < -0.3 is 20.5 Å². The lowest BCUT2D eigenvalue weighted by Gasteiger charge is -2.07. The third kappa shape index (κ3) is 9.62. The maximum atomic E-state index is 5.77. The van der Waals surface area contributed by atoms with Crippen molar-refractivity contribution in [1.29, 1.82) is 0 Å². The van der Waals surface area contributed by atoms with Gasteiger partial charge in [0.05, 0.1) is 26.9 Å². The molecule has 0 spiro atoms. The highest BCUT2D eigenvalue weighted by atomic mass is 127. The zero-order valence-corrected chi connectivity index (χ0v) is 15.6. The van der Waals surface area contributed by atoms with Crippen LogP contribution in [0.5, 0.6) is 5.75 Å². The first-order valence-electron chi connectivity index (χ1n) is 7.00. The molecule has 1 rings (SSSR count). The molecule has 1 aromatic rings. The van der Waals surface area contributed by atoms with Crippen molar-refractivity contribution in [3.05, 3.63) is 42.0 Å². The minimum atomic E-state index is 0. The Balaban J connectivity index is 0.00000441. The lowest BCUT2D eigenvalue weighted by atomic mass is 10.1. The number of hydrogen-bond donors (Lipinski definition) is 2. The van der Waals surface area contributed by atoms with Crippen LogP contribution in [0.25, 0.3) is 0 Å². The summed E-state index contributed by atoms with van der Waals surface area (Å²) in [7, 11) is 1.66. The molecule has 0 atom stereocenters. The van der Waals surface area contributed by atoms with Gasteiger partial charge in [0.25, 0.3) is 0 Å². The summed E-state index contributed by atoms with van der Waals surface area (Å²) >= 11 is 0. The van der Waals surface area contributed by atoms with Crippen LogP contribution in [0.1, 0.15) is 12.5 Å². The number of guanidine groups is 1. The number of rotatable bonds is 9. The molecule has 0 heterocycles. The first-order valence-corrected chi connectivity index (χ1v) is 7.00. The standard InChI is InChI=1S/C16H25N3O2.HI/c1-13(2)12-21-11-10-19-16(17)18-9-8-14-4-6-15(20-3)7-5-14;/h4-7H,1,8-12H2,2-3H3,(H3,17,18,19);1H. The van der Waals surface area contributed by atoms with E-state index in [0.29, 0.717) is 25.7 Å². The van der Waals surface area contributed by atoms with Gasteiger partial charge in [-0.25, -0.2) is 0 Å². The molecule has 5 nitrogen and oxygen atoms in total. The Hall–Kier alpha value is -1.28. The highest BCUT2D eigenvalue weighted by molar-refractivity contribution is 14.0. The van der Waals surface area contributed by atoms with E-state index in [-0.39, 0.29) is 24.0 Å². The summed E-state index contributed by atoms with van der Waals surface area (Å²) in [6.07, 6.45) is 0.881. The summed E-state index contributed by atoms with van der Waals surface area (Å²) in [6.45, 7) is 8.10. The second-order valence-electron chi connectivity index (χ2n) is 4.80. The van der Waals surface area contributed by atoms with E-state index < -0.39 is 0 Å². The molecule has 6 heteroatoms. The van der Waals surface area contributed by atoms with E-state index in [0.717, 1.165) is 24.3 Å². The van der Waals surface area contributed by atoms with E-state index in [4.69, 9.17) is 15.2 Å². The summed E-state index contributed by atoms with van der Waals surface area (Å²) in [5.74, 6) is 1.31. The van der Waals surface area contributed by atoms with Crippen molar-refractivity contribution in [3.8, 4) is 5.75 Å². The van der Waals surface area contributed by atoms with Crippen LogP contribution < -0.4 is 15.8 Å². The number of benzene rings is 1. The molecule has 124 valence electrons. The van der Waals surface area contributed by atoms with Gasteiger partial charge in [-0.1, -0.05) is 24.3 Å². The molecule has 22 heavy (non-hydrogen) atoms. The number of nitrogens with zero attached hydrogens (tertiary/aromatic N) is 1. The summed E-state index contributed by atoms with van der Waals surface area (Å²) in [5.41, 5.74) is 8.00. The molecule has 0 aliphatic carbocycles. The van der Waals surface area contributed by atoms with E-state index in [1.165, 1.54) is 5.56 Å². The van der Waals surface area contributed by atoms with Crippen LogP contribution >= 0.6 is 24.0 Å². The molecule has 0 aliphatic rings. The van der Waals surface area contributed by atoms with Crippen molar-refractivity contribution in [1.82, 2.24) is 5.32 Å².